The molecule has 14 heavy (non-hydrogen) atoms. The molecule has 0 saturated heterocycles. The van der Waals surface area contributed by atoms with Crippen molar-refractivity contribution in [1.29, 1.82) is 0 Å². The van der Waals surface area contributed by atoms with Crippen LogP contribution in [0.25, 0.3) is 0 Å². The highest BCUT2D eigenvalue weighted by Gasteiger charge is 2.17. The van der Waals surface area contributed by atoms with Crippen molar-refractivity contribution in [2.24, 2.45) is 5.41 Å². The lowest BCUT2D eigenvalue weighted by Crippen LogP contribution is -2.20. The van der Waals surface area contributed by atoms with Crippen LogP contribution in [0.2, 0.25) is 0 Å². The standard InChI is InChI=1S/C11H20N2S/c1-5-9-7-12-10(14)13(9)8-11(3,4)6-2/h7H,5-6,8H2,1-4H3,(H,12,14). The number of nitrogens with zero attached hydrogens (tertiary/aromatic N) is 1. The van der Waals surface area contributed by atoms with Gasteiger partial charge in [0.05, 0.1) is 0 Å². The van der Waals surface area contributed by atoms with Crippen LogP contribution in [-0.2, 0) is 13.0 Å². The molecule has 0 atom stereocenters. The monoisotopic (exact) mass is 212 g/mol. The molecule has 1 aromatic heterocycles. The number of aryl methyl sites for hydroxylation is 1. The fourth-order valence-electron chi connectivity index (χ4n) is 1.44. The molecule has 0 saturated carbocycles. The average Bonchev–Trinajstić information content (AvgIpc) is 2.48. The van der Waals surface area contributed by atoms with Crippen molar-refractivity contribution < 1.29 is 0 Å². The van der Waals surface area contributed by atoms with Crippen LogP contribution in [0.15, 0.2) is 6.20 Å². The second kappa shape index (κ2) is 4.30. The molecule has 3 heteroatoms. The Kier molecular flexibility index (Phi) is 3.53. The summed E-state index contributed by atoms with van der Waals surface area (Å²) in [5.41, 5.74) is 1.63. The van der Waals surface area contributed by atoms with Gasteiger partial charge in [-0.2, -0.15) is 0 Å². The van der Waals surface area contributed by atoms with Crippen LogP contribution in [0.4, 0.5) is 0 Å². The molecule has 0 aliphatic carbocycles. The molecule has 0 unspecified atom stereocenters. The minimum Gasteiger partial charge on any atom is -0.337 e. The summed E-state index contributed by atoms with van der Waals surface area (Å²) in [5, 5.41) is 0. The summed E-state index contributed by atoms with van der Waals surface area (Å²) in [5.74, 6) is 0. The van der Waals surface area contributed by atoms with Crippen LogP contribution in [0.1, 0.15) is 39.8 Å². The molecule has 1 rings (SSSR count). The second-order valence-electron chi connectivity index (χ2n) is 4.54. The fraction of sp³-hybridized carbons (Fsp3) is 0.727. The molecule has 0 aromatic carbocycles. The van der Waals surface area contributed by atoms with E-state index in [9.17, 15) is 0 Å². The van der Waals surface area contributed by atoms with E-state index in [1.165, 1.54) is 12.1 Å². The smallest absolute Gasteiger partial charge is 0.177 e. The molecule has 2 nitrogen and oxygen atoms in total. The van der Waals surface area contributed by atoms with Gasteiger partial charge in [0.2, 0.25) is 0 Å². The SMILES string of the molecule is CCc1c[nH]c(=S)n1CC(C)(C)CC. The van der Waals surface area contributed by atoms with Crippen molar-refractivity contribution in [1.82, 2.24) is 9.55 Å². The van der Waals surface area contributed by atoms with E-state index < -0.39 is 0 Å². The molecule has 1 heterocycles. The Labute approximate surface area is 91.3 Å². The molecule has 0 radical (unpaired) electrons. The van der Waals surface area contributed by atoms with Gasteiger partial charge in [-0.05, 0) is 30.5 Å². The van der Waals surface area contributed by atoms with Gasteiger partial charge in [0.1, 0.15) is 0 Å². The predicted molar refractivity (Wildman–Crippen MR) is 63.1 cm³/mol. The summed E-state index contributed by atoms with van der Waals surface area (Å²) >= 11 is 5.26. The van der Waals surface area contributed by atoms with E-state index in [4.69, 9.17) is 12.2 Å². The zero-order valence-corrected chi connectivity index (χ0v) is 10.4. The van der Waals surface area contributed by atoms with Gasteiger partial charge in [0.15, 0.2) is 4.77 Å². The normalized spacial score (nSPS) is 12.0. The van der Waals surface area contributed by atoms with Crippen LogP contribution < -0.4 is 0 Å². The first kappa shape index (κ1) is 11.5. The van der Waals surface area contributed by atoms with Gasteiger partial charge in [0, 0.05) is 18.4 Å². The highest BCUT2D eigenvalue weighted by molar-refractivity contribution is 7.71. The fourth-order valence-corrected chi connectivity index (χ4v) is 1.68. The maximum atomic E-state index is 5.26. The van der Waals surface area contributed by atoms with Crippen molar-refractivity contribution in [3.05, 3.63) is 16.7 Å². The molecular weight excluding hydrogens is 192 g/mol. The van der Waals surface area contributed by atoms with Crippen molar-refractivity contribution in [3.63, 3.8) is 0 Å². The number of nitrogens with one attached hydrogen (secondary N) is 1. The van der Waals surface area contributed by atoms with E-state index in [1.807, 2.05) is 6.20 Å². The maximum absolute atomic E-state index is 5.26. The number of imidazole rings is 1. The zero-order valence-electron chi connectivity index (χ0n) is 9.55. The van der Waals surface area contributed by atoms with Crippen LogP contribution in [0.5, 0.6) is 0 Å². The first-order valence-corrected chi connectivity index (χ1v) is 5.68. The van der Waals surface area contributed by atoms with Gasteiger partial charge in [-0.1, -0.05) is 27.7 Å². The Morgan fingerprint density at radius 1 is 1.43 bits per heavy atom. The lowest BCUT2D eigenvalue weighted by molar-refractivity contribution is 0.289. The Morgan fingerprint density at radius 2 is 2.07 bits per heavy atom. The molecular formula is C11H20N2S. The highest BCUT2D eigenvalue weighted by atomic mass is 32.1. The third-order valence-corrected chi connectivity index (χ3v) is 3.20. The first-order chi connectivity index (χ1) is 6.50. The molecule has 0 bridgehead atoms. The summed E-state index contributed by atoms with van der Waals surface area (Å²) in [4.78, 5) is 3.11. The molecule has 0 aliphatic rings. The molecule has 1 N–H and O–H groups in total. The topological polar surface area (TPSA) is 20.7 Å². The molecule has 0 spiro atoms. The third-order valence-electron chi connectivity index (χ3n) is 2.86. The van der Waals surface area contributed by atoms with Crippen LogP contribution in [0, 0.1) is 10.2 Å². The minimum absolute atomic E-state index is 0.324. The van der Waals surface area contributed by atoms with E-state index in [1.54, 1.807) is 0 Å². The molecule has 80 valence electrons. The summed E-state index contributed by atoms with van der Waals surface area (Å²) in [6.45, 7) is 9.95. The van der Waals surface area contributed by atoms with Gasteiger partial charge >= 0.3 is 0 Å². The number of hydrogen-bond acceptors (Lipinski definition) is 1. The Balaban J connectivity index is 2.95. The predicted octanol–water partition coefficient (Wildman–Crippen LogP) is 3.54. The van der Waals surface area contributed by atoms with Crippen LogP contribution >= 0.6 is 12.2 Å². The van der Waals surface area contributed by atoms with Gasteiger partial charge in [-0.25, -0.2) is 0 Å². The first-order valence-electron chi connectivity index (χ1n) is 5.27. The van der Waals surface area contributed by atoms with Crippen molar-refractivity contribution in [2.75, 3.05) is 0 Å². The van der Waals surface area contributed by atoms with Gasteiger partial charge in [-0.3, -0.25) is 0 Å². The summed E-state index contributed by atoms with van der Waals surface area (Å²) in [7, 11) is 0. The second-order valence-corrected chi connectivity index (χ2v) is 4.93. The zero-order chi connectivity index (χ0) is 10.8. The van der Waals surface area contributed by atoms with Gasteiger partial charge in [-0.15, -0.1) is 0 Å². The van der Waals surface area contributed by atoms with E-state index in [0.717, 1.165) is 17.7 Å². The maximum Gasteiger partial charge on any atom is 0.177 e. The number of hydrogen-bond donors (Lipinski definition) is 1. The van der Waals surface area contributed by atoms with Crippen molar-refractivity contribution in [3.8, 4) is 0 Å². The number of rotatable bonds is 4. The van der Waals surface area contributed by atoms with E-state index in [2.05, 4.69) is 37.2 Å². The Morgan fingerprint density at radius 3 is 2.57 bits per heavy atom. The van der Waals surface area contributed by atoms with Crippen molar-refractivity contribution in [2.45, 2.75) is 47.1 Å². The lowest BCUT2D eigenvalue weighted by Gasteiger charge is -2.24. The summed E-state index contributed by atoms with van der Waals surface area (Å²) in [6, 6.07) is 0. The average molecular weight is 212 g/mol. The molecule has 0 fully saturated rings. The third kappa shape index (κ3) is 2.47. The largest absolute Gasteiger partial charge is 0.337 e. The Hall–Kier alpha value is -0.570. The van der Waals surface area contributed by atoms with Crippen molar-refractivity contribution >= 4 is 12.2 Å². The molecule has 0 aliphatic heterocycles. The summed E-state index contributed by atoms with van der Waals surface area (Å²) in [6.07, 6.45) is 4.23. The van der Waals surface area contributed by atoms with Gasteiger partial charge < -0.3 is 9.55 Å². The van der Waals surface area contributed by atoms with E-state index >= 15 is 0 Å². The van der Waals surface area contributed by atoms with Gasteiger partial charge in [0.25, 0.3) is 0 Å². The van der Waals surface area contributed by atoms with Crippen LogP contribution in [-0.4, -0.2) is 9.55 Å². The quantitative estimate of drug-likeness (QED) is 0.757. The highest BCUT2D eigenvalue weighted by Crippen LogP contribution is 2.23. The van der Waals surface area contributed by atoms with Crippen LogP contribution in [0.3, 0.4) is 0 Å². The number of aromatic amines is 1. The number of H-pyrrole nitrogens is 1. The summed E-state index contributed by atoms with van der Waals surface area (Å²) < 4.78 is 3.07. The van der Waals surface area contributed by atoms with E-state index in [-0.39, 0.29) is 0 Å². The molecule has 1 aromatic rings. The minimum atomic E-state index is 0.324. The molecule has 0 amide bonds. The lowest BCUT2D eigenvalue weighted by atomic mass is 9.90. The number of aromatic nitrogens is 2. The van der Waals surface area contributed by atoms with E-state index in [0.29, 0.717) is 5.41 Å². The Bertz CT molecular complexity index is 346.